The van der Waals surface area contributed by atoms with E-state index in [0.29, 0.717) is 22.1 Å². The molecule has 0 radical (unpaired) electrons. The highest BCUT2D eigenvalue weighted by atomic mass is 79.9. The van der Waals surface area contributed by atoms with Crippen molar-refractivity contribution >= 4 is 45.6 Å². The number of hydrogen-bond donors (Lipinski definition) is 2. The third-order valence-corrected chi connectivity index (χ3v) is 4.40. The first-order valence-electron chi connectivity index (χ1n) is 8.23. The normalized spacial score (nSPS) is 10.8. The molecule has 0 saturated carbocycles. The number of carbonyl (C=O) groups is 2. The van der Waals surface area contributed by atoms with Crippen LogP contribution in [0.15, 0.2) is 74.7 Å². The van der Waals surface area contributed by atoms with Gasteiger partial charge in [0.05, 0.1) is 12.8 Å². The monoisotopic (exact) mass is 459 g/mol. The second kappa shape index (κ2) is 9.34. The van der Waals surface area contributed by atoms with Gasteiger partial charge in [-0.15, -0.1) is 0 Å². The summed E-state index contributed by atoms with van der Waals surface area (Å²) >= 11 is 9.22. The van der Waals surface area contributed by atoms with Gasteiger partial charge in [0.1, 0.15) is 11.5 Å². The number of rotatable bonds is 6. The van der Waals surface area contributed by atoms with Crippen molar-refractivity contribution < 1.29 is 14.0 Å². The number of carbonyl (C=O) groups excluding carboxylic acids is 2. The van der Waals surface area contributed by atoms with Crippen LogP contribution < -0.4 is 10.7 Å². The minimum atomic E-state index is -0.466. The standard InChI is InChI=1S/C20H15BrClN3O3/c21-15-6-4-13(5-7-15)18-9-8-17(28-18)11-24-25-19(26)12-23-20(27)14-2-1-3-16(22)10-14/h1-11H,12H2,(H,23,27)(H,25,26)/b24-11-. The van der Waals surface area contributed by atoms with E-state index in [4.69, 9.17) is 16.0 Å². The van der Waals surface area contributed by atoms with E-state index in [1.165, 1.54) is 12.3 Å². The summed E-state index contributed by atoms with van der Waals surface area (Å²) in [5.41, 5.74) is 3.63. The molecule has 2 N–H and O–H groups in total. The Balaban J connectivity index is 1.48. The average molecular weight is 461 g/mol. The van der Waals surface area contributed by atoms with Crippen LogP contribution in [-0.4, -0.2) is 24.6 Å². The first kappa shape index (κ1) is 19.9. The Labute approximate surface area is 174 Å². The van der Waals surface area contributed by atoms with E-state index in [-0.39, 0.29) is 6.54 Å². The number of benzene rings is 2. The maximum atomic E-state index is 11.9. The van der Waals surface area contributed by atoms with Crippen LogP contribution in [0.25, 0.3) is 11.3 Å². The van der Waals surface area contributed by atoms with Crippen LogP contribution in [0.4, 0.5) is 0 Å². The van der Waals surface area contributed by atoms with Gasteiger partial charge in [-0.05, 0) is 42.5 Å². The van der Waals surface area contributed by atoms with E-state index in [1.807, 2.05) is 30.3 Å². The van der Waals surface area contributed by atoms with Crippen molar-refractivity contribution in [2.24, 2.45) is 5.10 Å². The third-order valence-electron chi connectivity index (χ3n) is 3.63. The average Bonchev–Trinajstić information content (AvgIpc) is 3.15. The van der Waals surface area contributed by atoms with Crippen molar-refractivity contribution in [2.45, 2.75) is 0 Å². The fourth-order valence-corrected chi connectivity index (χ4v) is 2.75. The zero-order chi connectivity index (χ0) is 19.9. The Morgan fingerprint density at radius 3 is 2.64 bits per heavy atom. The van der Waals surface area contributed by atoms with Gasteiger partial charge in [-0.1, -0.05) is 45.7 Å². The lowest BCUT2D eigenvalue weighted by Gasteiger charge is -2.04. The maximum absolute atomic E-state index is 11.9. The summed E-state index contributed by atoms with van der Waals surface area (Å²) in [6.45, 7) is -0.217. The van der Waals surface area contributed by atoms with Gasteiger partial charge in [-0.3, -0.25) is 9.59 Å². The molecule has 3 rings (SSSR count). The lowest BCUT2D eigenvalue weighted by Crippen LogP contribution is -2.34. The molecule has 2 amide bonds. The Morgan fingerprint density at radius 1 is 1.11 bits per heavy atom. The molecule has 8 heteroatoms. The molecule has 28 heavy (non-hydrogen) atoms. The first-order chi connectivity index (χ1) is 13.5. The first-order valence-corrected chi connectivity index (χ1v) is 9.40. The summed E-state index contributed by atoms with van der Waals surface area (Å²) in [6.07, 6.45) is 1.39. The van der Waals surface area contributed by atoms with Crippen LogP contribution in [0.2, 0.25) is 5.02 Å². The van der Waals surface area contributed by atoms with Crippen molar-refractivity contribution in [1.82, 2.24) is 10.7 Å². The maximum Gasteiger partial charge on any atom is 0.259 e. The zero-order valence-electron chi connectivity index (χ0n) is 14.5. The summed E-state index contributed by atoms with van der Waals surface area (Å²) in [4.78, 5) is 23.7. The molecule has 3 aromatic rings. The SMILES string of the molecule is O=C(CNC(=O)c1cccc(Cl)c1)N/N=C\c1ccc(-c2ccc(Br)cc2)o1. The highest BCUT2D eigenvalue weighted by Crippen LogP contribution is 2.23. The zero-order valence-corrected chi connectivity index (χ0v) is 16.8. The lowest BCUT2D eigenvalue weighted by molar-refractivity contribution is -0.120. The fraction of sp³-hybridized carbons (Fsp3) is 0.0500. The van der Waals surface area contributed by atoms with Gasteiger partial charge in [0.15, 0.2) is 0 Å². The molecule has 6 nitrogen and oxygen atoms in total. The molecule has 0 aliphatic heterocycles. The second-order valence-corrected chi connectivity index (χ2v) is 7.05. The summed E-state index contributed by atoms with van der Waals surface area (Å²) in [7, 11) is 0. The topological polar surface area (TPSA) is 83.7 Å². The van der Waals surface area contributed by atoms with E-state index in [2.05, 4.69) is 31.8 Å². The van der Waals surface area contributed by atoms with Crippen LogP contribution in [0.5, 0.6) is 0 Å². The molecule has 0 aliphatic carbocycles. The van der Waals surface area contributed by atoms with Crippen molar-refractivity contribution in [3.8, 4) is 11.3 Å². The van der Waals surface area contributed by atoms with Crippen LogP contribution in [0.1, 0.15) is 16.1 Å². The van der Waals surface area contributed by atoms with Gasteiger partial charge in [-0.2, -0.15) is 5.10 Å². The van der Waals surface area contributed by atoms with E-state index in [9.17, 15) is 9.59 Å². The van der Waals surface area contributed by atoms with Gasteiger partial charge in [0.25, 0.3) is 11.8 Å². The van der Waals surface area contributed by atoms with Crippen molar-refractivity contribution in [2.75, 3.05) is 6.54 Å². The second-order valence-electron chi connectivity index (χ2n) is 5.70. The van der Waals surface area contributed by atoms with Crippen LogP contribution in [-0.2, 0) is 4.79 Å². The summed E-state index contributed by atoms with van der Waals surface area (Å²) in [5, 5.41) is 6.77. The molecule has 0 saturated heterocycles. The lowest BCUT2D eigenvalue weighted by atomic mass is 10.2. The number of amides is 2. The number of nitrogens with one attached hydrogen (secondary N) is 2. The predicted molar refractivity (Wildman–Crippen MR) is 111 cm³/mol. The summed E-state index contributed by atoms with van der Waals surface area (Å²) in [5.74, 6) is 0.313. The van der Waals surface area contributed by atoms with Crippen LogP contribution >= 0.6 is 27.5 Å². The molecule has 0 aliphatic rings. The Morgan fingerprint density at radius 2 is 1.89 bits per heavy atom. The summed E-state index contributed by atoms with van der Waals surface area (Å²) < 4.78 is 6.64. The quantitative estimate of drug-likeness (QED) is 0.426. The molecule has 1 heterocycles. The van der Waals surface area contributed by atoms with Gasteiger partial charge in [-0.25, -0.2) is 5.43 Å². The van der Waals surface area contributed by atoms with E-state index < -0.39 is 11.8 Å². The molecular formula is C20H15BrClN3O3. The Kier molecular flexibility index (Phi) is 6.62. The van der Waals surface area contributed by atoms with Crippen molar-refractivity contribution in [3.63, 3.8) is 0 Å². The number of nitrogens with zero attached hydrogens (tertiary/aromatic N) is 1. The number of furan rings is 1. The van der Waals surface area contributed by atoms with E-state index in [0.717, 1.165) is 10.0 Å². The highest BCUT2D eigenvalue weighted by Gasteiger charge is 2.08. The van der Waals surface area contributed by atoms with Crippen LogP contribution in [0, 0.1) is 0 Å². The van der Waals surface area contributed by atoms with Gasteiger partial charge < -0.3 is 9.73 Å². The van der Waals surface area contributed by atoms with Gasteiger partial charge in [0, 0.05) is 20.6 Å². The molecule has 0 fully saturated rings. The number of hydrazone groups is 1. The molecule has 142 valence electrons. The van der Waals surface area contributed by atoms with Gasteiger partial charge >= 0.3 is 0 Å². The third kappa shape index (κ3) is 5.55. The molecule has 0 spiro atoms. The fourth-order valence-electron chi connectivity index (χ4n) is 2.29. The van der Waals surface area contributed by atoms with Gasteiger partial charge in [0.2, 0.25) is 0 Å². The van der Waals surface area contributed by atoms with Crippen LogP contribution in [0.3, 0.4) is 0 Å². The minimum absolute atomic E-state index is 0.217. The van der Waals surface area contributed by atoms with E-state index in [1.54, 1.807) is 24.3 Å². The Hall–Kier alpha value is -2.90. The molecular weight excluding hydrogens is 446 g/mol. The van der Waals surface area contributed by atoms with Crippen molar-refractivity contribution in [3.05, 3.63) is 81.5 Å². The molecule has 2 aromatic carbocycles. The van der Waals surface area contributed by atoms with E-state index >= 15 is 0 Å². The molecule has 0 atom stereocenters. The number of hydrogen-bond acceptors (Lipinski definition) is 4. The summed E-state index contributed by atoms with van der Waals surface area (Å²) in [6, 6.07) is 17.7. The molecule has 1 aromatic heterocycles. The smallest absolute Gasteiger partial charge is 0.259 e. The highest BCUT2D eigenvalue weighted by molar-refractivity contribution is 9.10. The Bertz CT molecular complexity index is 1020. The minimum Gasteiger partial charge on any atom is -0.455 e. The molecule has 0 bridgehead atoms. The predicted octanol–water partition coefficient (Wildman–Crippen LogP) is 4.24. The molecule has 0 unspecified atom stereocenters. The number of halogens is 2. The van der Waals surface area contributed by atoms with Crippen molar-refractivity contribution in [1.29, 1.82) is 0 Å². The largest absolute Gasteiger partial charge is 0.455 e.